The van der Waals surface area contributed by atoms with E-state index in [1.807, 2.05) is 11.5 Å². The van der Waals surface area contributed by atoms with Crippen molar-refractivity contribution in [1.82, 2.24) is 10.2 Å². The zero-order valence-electron chi connectivity index (χ0n) is 17.6. The number of aliphatic carboxylic acids is 1. The van der Waals surface area contributed by atoms with Crippen LogP contribution in [0, 0.1) is 12.0 Å². The average molecular weight is 379 g/mol. The van der Waals surface area contributed by atoms with Crippen molar-refractivity contribution in [2.24, 2.45) is 0 Å². The number of hydrogen-bond acceptors (Lipinski definition) is 3. The number of carboxylic acid groups (broad SMARTS) is 1. The molecule has 0 fully saturated rings. The highest BCUT2D eigenvalue weighted by Gasteiger charge is 2.17. The average Bonchev–Trinajstić information content (AvgIpc) is 2.81. The summed E-state index contributed by atoms with van der Waals surface area (Å²) < 4.78 is 1.84. The van der Waals surface area contributed by atoms with Crippen LogP contribution in [0.3, 0.4) is 0 Å². The summed E-state index contributed by atoms with van der Waals surface area (Å²) in [5.74, 6) is 2.27. The van der Waals surface area contributed by atoms with Gasteiger partial charge in [-0.25, -0.2) is 9.37 Å². The molecule has 5 heteroatoms. The van der Waals surface area contributed by atoms with Gasteiger partial charge >= 0.3 is 5.97 Å². The summed E-state index contributed by atoms with van der Waals surface area (Å²) >= 11 is 0. The van der Waals surface area contributed by atoms with Gasteiger partial charge in [0, 0.05) is 32.0 Å². The molecule has 1 rings (SSSR count). The fourth-order valence-electron chi connectivity index (χ4n) is 3.31. The Bertz CT molecular complexity index is 505. The molecule has 0 radical (unpaired) electrons. The van der Waals surface area contributed by atoms with Crippen LogP contribution < -0.4 is 5.32 Å². The van der Waals surface area contributed by atoms with Gasteiger partial charge in [0.15, 0.2) is 6.54 Å². The lowest BCUT2D eigenvalue weighted by Crippen LogP contribution is -2.34. The van der Waals surface area contributed by atoms with E-state index in [1.165, 1.54) is 64.2 Å². The SMILES string of the molecule is CCCCCCCCCCCCNCCN1C#CC(C)=[N+](CC(=O)O)CC1. The van der Waals surface area contributed by atoms with E-state index in [1.54, 1.807) is 0 Å². The standard InChI is InChI=1S/C22H39N3O2/c1-3-4-5-6-7-8-9-10-11-12-14-23-15-17-24-16-13-21(2)25(19-18-24)20-22(26)27/h23H,3-12,14-15,17-20H2,1-2H3/p+1. The lowest BCUT2D eigenvalue weighted by molar-refractivity contribution is -0.517. The van der Waals surface area contributed by atoms with Gasteiger partial charge in [-0.1, -0.05) is 64.7 Å². The second kappa shape index (κ2) is 15.5. The lowest BCUT2D eigenvalue weighted by Gasteiger charge is -2.15. The number of rotatable bonds is 16. The molecule has 0 aromatic heterocycles. The van der Waals surface area contributed by atoms with E-state index in [4.69, 9.17) is 5.11 Å². The molecule has 1 aliphatic heterocycles. The molecule has 0 aromatic rings. The Labute approximate surface area is 166 Å². The van der Waals surface area contributed by atoms with Gasteiger partial charge in [-0.15, -0.1) is 0 Å². The number of carbonyl (C=O) groups is 1. The Balaban J connectivity index is 1.96. The van der Waals surface area contributed by atoms with Crippen LogP contribution in [0.5, 0.6) is 0 Å². The molecule has 27 heavy (non-hydrogen) atoms. The fourth-order valence-corrected chi connectivity index (χ4v) is 3.31. The Morgan fingerprint density at radius 2 is 1.70 bits per heavy atom. The fraction of sp³-hybridized carbons (Fsp3) is 0.818. The molecule has 0 amide bonds. The van der Waals surface area contributed by atoms with Crippen LogP contribution in [0.4, 0.5) is 0 Å². The minimum Gasteiger partial charge on any atom is -0.477 e. The van der Waals surface area contributed by atoms with Crippen molar-refractivity contribution in [3.63, 3.8) is 0 Å². The second-order valence-corrected chi connectivity index (χ2v) is 7.56. The molecule has 1 heterocycles. The van der Waals surface area contributed by atoms with Gasteiger partial charge in [-0.2, -0.15) is 0 Å². The highest BCUT2D eigenvalue weighted by Crippen LogP contribution is 2.10. The zero-order valence-corrected chi connectivity index (χ0v) is 17.6. The van der Waals surface area contributed by atoms with E-state index >= 15 is 0 Å². The summed E-state index contributed by atoms with van der Waals surface area (Å²) in [6.07, 6.45) is 13.7. The highest BCUT2D eigenvalue weighted by atomic mass is 16.4. The maximum Gasteiger partial charge on any atom is 0.369 e. The predicted octanol–water partition coefficient (Wildman–Crippen LogP) is 3.33. The van der Waals surface area contributed by atoms with Crippen LogP contribution >= 0.6 is 0 Å². The number of nitrogens with one attached hydrogen (secondary N) is 1. The van der Waals surface area contributed by atoms with Gasteiger partial charge < -0.3 is 15.3 Å². The maximum atomic E-state index is 10.9. The molecular weight excluding hydrogens is 338 g/mol. The van der Waals surface area contributed by atoms with Crippen molar-refractivity contribution in [3.8, 4) is 12.0 Å². The van der Waals surface area contributed by atoms with Crippen LogP contribution in [0.25, 0.3) is 0 Å². The quantitative estimate of drug-likeness (QED) is 0.246. The molecule has 0 aliphatic carbocycles. The minimum atomic E-state index is -0.803. The summed E-state index contributed by atoms with van der Waals surface area (Å²) in [4.78, 5) is 13.0. The smallest absolute Gasteiger partial charge is 0.369 e. The van der Waals surface area contributed by atoms with E-state index in [0.29, 0.717) is 6.54 Å². The van der Waals surface area contributed by atoms with Crippen LogP contribution in [-0.4, -0.2) is 65.5 Å². The molecule has 154 valence electrons. The van der Waals surface area contributed by atoms with Crippen LogP contribution in [-0.2, 0) is 4.79 Å². The van der Waals surface area contributed by atoms with Crippen molar-refractivity contribution in [1.29, 1.82) is 0 Å². The van der Waals surface area contributed by atoms with Crippen LogP contribution in [0.1, 0.15) is 78.1 Å². The number of carboxylic acids is 1. The summed E-state index contributed by atoms with van der Waals surface area (Å²) in [7, 11) is 0. The third-order valence-electron chi connectivity index (χ3n) is 5.10. The van der Waals surface area contributed by atoms with Crippen molar-refractivity contribution in [2.75, 3.05) is 39.3 Å². The summed E-state index contributed by atoms with van der Waals surface area (Å²) in [6, 6.07) is 3.15. The largest absolute Gasteiger partial charge is 0.477 e. The molecule has 2 N–H and O–H groups in total. The van der Waals surface area contributed by atoms with Crippen molar-refractivity contribution in [2.45, 2.75) is 78.1 Å². The van der Waals surface area contributed by atoms with E-state index < -0.39 is 5.97 Å². The molecule has 0 spiro atoms. The third kappa shape index (κ3) is 12.5. The lowest BCUT2D eigenvalue weighted by atomic mass is 10.1. The summed E-state index contributed by atoms with van der Waals surface area (Å²) in [6.45, 7) is 8.59. The molecular formula is C22H40N3O2+. The first-order valence-corrected chi connectivity index (χ1v) is 10.9. The molecule has 0 unspecified atom stereocenters. The van der Waals surface area contributed by atoms with Gasteiger partial charge in [0.05, 0.1) is 6.54 Å². The van der Waals surface area contributed by atoms with E-state index in [9.17, 15) is 4.79 Å². The summed E-state index contributed by atoms with van der Waals surface area (Å²) in [5.41, 5.74) is 0.846. The van der Waals surface area contributed by atoms with Gasteiger partial charge in [-0.3, -0.25) is 0 Å². The predicted molar refractivity (Wildman–Crippen MR) is 112 cm³/mol. The first-order chi connectivity index (χ1) is 13.1. The normalized spacial score (nSPS) is 14.1. The molecule has 0 aromatic carbocycles. The summed E-state index contributed by atoms with van der Waals surface area (Å²) in [5, 5.41) is 12.5. The number of hydrogen-bond donors (Lipinski definition) is 2. The van der Waals surface area contributed by atoms with E-state index in [2.05, 4.69) is 29.1 Å². The third-order valence-corrected chi connectivity index (χ3v) is 5.10. The molecule has 0 saturated carbocycles. The molecule has 0 atom stereocenters. The first-order valence-electron chi connectivity index (χ1n) is 10.9. The zero-order chi connectivity index (χ0) is 19.7. The second-order valence-electron chi connectivity index (χ2n) is 7.56. The van der Waals surface area contributed by atoms with Crippen molar-refractivity contribution >= 4 is 11.7 Å². The topological polar surface area (TPSA) is 55.6 Å². The first kappa shape index (κ1) is 23.5. The van der Waals surface area contributed by atoms with E-state index in [0.717, 1.165) is 31.9 Å². The Morgan fingerprint density at radius 1 is 1.07 bits per heavy atom. The Kier molecular flexibility index (Phi) is 13.5. The van der Waals surface area contributed by atoms with Crippen LogP contribution in [0.15, 0.2) is 0 Å². The Hall–Kier alpha value is -1.54. The number of unbranched alkanes of at least 4 members (excludes halogenated alkanes) is 9. The minimum absolute atomic E-state index is 0.0331. The van der Waals surface area contributed by atoms with E-state index in [-0.39, 0.29) is 6.54 Å². The molecule has 1 aliphatic rings. The molecule has 0 bridgehead atoms. The molecule has 5 nitrogen and oxygen atoms in total. The van der Waals surface area contributed by atoms with Crippen molar-refractivity contribution < 1.29 is 14.5 Å². The van der Waals surface area contributed by atoms with Gasteiger partial charge in [0.25, 0.3) is 0 Å². The van der Waals surface area contributed by atoms with Gasteiger partial charge in [0.1, 0.15) is 0 Å². The van der Waals surface area contributed by atoms with Crippen LogP contribution in [0.2, 0.25) is 0 Å². The van der Waals surface area contributed by atoms with Crippen molar-refractivity contribution in [3.05, 3.63) is 0 Å². The van der Waals surface area contributed by atoms with Gasteiger partial charge in [-0.05, 0) is 13.0 Å². The monoisotopic (exact) mass is 378 g/mol. The number of nitrogens with zero attached hydrogens (tertiary/aromatic N) is 2. The Morgan fingerprint density at radius 3 is 2.33 bits per heavy atom. The van der Waals surface area contributed by atoms with Gasteiger partial charge in [0.2, 0.25) is 12.3 Å². The highest BCUT2D eigenvalue weighted by molar-refractivity contribution is 5.94. The maximum absolute atomic E-state index is 10.9. The molecule has 0 saturated heterocycles.